The first-order chi connectivity index (χ1) is 9.22. The van der Waals surface area contributed by atoms with E-state index in [4.69, 9.17) is 4.74 Å². The number of anilines is 1. The van der Waals surface area contributed by atoms with Gasteiger partial charge >= 0.3 is 0 Å². The highest BCUT2D eigenvalue weighted by molar-refractivity contribution is 5.93. The minimum Gasteiger partial charge on any atom is -0.378 e. The van der Waals surface area contributed by atoms with Crippen LogP contribution in [0.15, 0.2) is 17.4 Å². The summed E-state index contributed by atoms with van der Waals surface area (Å²) in [7, 11) is 1.85. The van der Waals surface area contributed by atoms with Crippen LogP contribution in [-0.2, 0) is 4.74 Å². The van der Waals surface area contributed by atoms with Crippen LogP contribution in [-0.4, -0.2) is 42.0 Å². The number of nitrogens with one attached hydrogen (secondary N) is 2. The van der Waals surface area contributed by atoms with E-state index < -0.39 is 0 Å². The van der Waals surface area contributed by atoms with Crippen LogP contribution < -0.4 is 10.6 Å². The van der Waals surface area contributed by atoms with E-state index in [1.54, 1.807) is 0 Å². The highest BCUT2D eigenvalue weighted by atomic mass is 16.5. The number of ether oxygens (including phenoxy) is 1. The van der Waals surface area contributed by atoms with Crippen molar-refractivity contribution in [3.05, 3.63) is 12.4 Å². The molecular weight excluding hydrogens is 242 g/mol. The molecule has 19 heavy (non-hydrogen) atoms. The van der Waals surface area contributed by atoms with Gasteiger partial charge < -0.3 is 15.4 Å². The molecule has 1 aliphatic rings. The Labute approximate surface area is 114 Å². The molecule has 1 aromatic heterocycles. The van der Waals surface area contributed by atoms with E-state index in [0.29, 0.717) is 12.1 Å². The van der Waals surface area contributed by atoms with E-state index >= 15 is 0 Å². The van der Waals surface area contributed by atoms with Crippen molar-refractivity contribution in [3.8, 4) is 0 Å². The summed E-state index contributed by atoms with van der Waals surface area (Å²) in [6.07, 6.45) is 6.22. The summed E-state index contributed by atoms with van der Waals surface area (Å²) < 4.78 is 7.59. The fourth-order valence-corrected chi connectivity index (χ4v) is 2.29. The molecule has 0 aliphatic carbocycles. The van der Waals surface area contributed by atoms with E-state index in [2.05, 4.69) is 27.6 Å². The third kappa shape index (κ3) is 3.70. The first-order valence-electron chi connectivity index (χ1n) is 6.88. The van der Waals surface area contributed by atoms with Crippen molar-refractivity contribution in [1.29, 1.82) is 0 Å². The van der Waals surface area contributed by atoms with Crippen LogP contribution in [0.1, 0.15) is 32.7 Å². The maximum Gasteiger partial charge on any atom is 0.195 e. The van der Waals surface area contributed by atoms with E-state index in [1.807, 2.05) is 31.0 Å². The van der Waals surface area contributed by atoms with Crippen molar-refractivity contribution in [2.75, 3.05) is 25.5 Å². The van der Waals surface area contributed by atoms with Gasteiger partial charge in [-0.1, -0.05) is 0 Å². The topological polar surface area (TPSA) is 63.5 Å². The van der Waals surface area contributed by atoms with Crippen LogP contribution in [0.25, 0.3) is 0 Å². The Balaban J connectivity index is 2.00. The van der Waals surface area contributed by atoms with E-state index in [9.17, 15) is 0 Å². The van der Waals surface area contributed by atoms with Crippen molar-refractivity contribution < 1.29 is 4.74 Å². The quantitative estimate of drug-likeness (QED) is 0.644. The average Bonchev–Trinajstić information content (AvgIpc) is 2.87. The molecule has 2 unspecified atom stereocenters. The molecule has 0 radical (unpaired) electrons. The Hall–Kier alpha value is -1.56. The second kappa shape index (κ2) is 6.56. The normalized spacial score (nSPS) is 24.3. The lowest BCUT2D eigenvalue weighted by Gasteiger charge is -2.27. The minimum atomic E-state index is 0.314. The van der Waals surface area contributed by atoms with Crippen LogP contribution >= 0.6 is 0 Å². The molecule has 1 fully saturated rings. The smallest absolute Gasteiger partial charge is 0.195 e. The van der Waals surface area contributed by atoms with Gasteiger partial charge in [0, 0.05) is 26.4 Å². The number of hydrogen-bond acceptors (Lipinski definition) is 3. The summed E-state index contributed by atoms with van der Waals surface area (Å²) in [6, 6.07) is 0.431. The minimum absolute atomic E-state index is 0.314. The summed E-state index contributed by atoms with van der Waals surface area (Å²) in [6.45, 7) is 5.68. The lowest BCUT2D eigenvalue weighted by molar-refractivity contribution is 0.00351. The number of hydrogen-bond donors (Lipinski definition) is 2. The Bertz CT molecular complexity index is 428. The Morgan fingerprint density at radius 1 is 1.63 bits per heavy atom. The molecule has 0 spiro atoms. The van der Waals surface area contributed by atoms with Gasteiger partial charge in [0.1, 0.15) is 0 Å². The van der Waals surface area contributed by atoms with Crippen molar-refractivity contribution in [3.63, 3.8) is 0 Å². The highest BCUT2D eigenvalue weighted by Gasteiger charge is 2.21. The number of rotatable bonds is 3. The molecule has 6 heteroatoms. The maximum atomic E-state index is 5.56. The van der Waals surface area contributed by atoms with Crippen LogP contribution in [0.4, 0.5) is 5.69 Å². The SMILES string of the molecule is CC/N=C(\NC)Nc1cnn(C2CCOC(C)C2)c1. The molecule has 0 saturated carbocycles. The Morgan fingerprint density at radius 2 is 2.47 bits per heavy atom. The van der Waals surface area contributed by atoms with E-state index in [-0.39, 0.29) is 0 Å². The molecule has 0 aromatic carbocycles. The molecule has 1 aromatic rings. The standard InChI is InChI=1S/C13H23N5O/c1-4-15-13(14-3)17-11-8-16-18(9-11)12-5-6-19-10(2)7-12/h8-10,12H,4-7H2,1-3H3,(H2,14,15,17). The molecule has 0 amide bonds. The van der Waals surface area contributed by atoms with Crippen LogP contribution in [0, 0.1) is 0 Å². The fourth-order valence-electron chi connectivity index (χ4n) is 2.29. The summed E-state index contributed by atoms with van der Waals surface area (Å²) in [5.74, 6) is 0.766. The van der Waals surface area contributed by atoms with E-state index in [0.717, 1.165) is 37.6 Å². The van der Waals surface area contributed by atoms with Crippen LogP contribution in [0.5, 0.6) is 0 Å². The third-order valence-corrected chi connectivity index (χ3v) is 3.25. The predicted molar refractivity (Wildman–Crippen MR) is 76.6 cm³/mol. The summed E-state index contributed by atoms with van der Waals surface area (Å²) in [4.78, 5) is 4.31. The zero-order valence-corrected chi connectivity index (χ0v) is 11.9. The Morgan fingerprint density at radius 3 is 3.16 bits per heavy atom. The fraction of sp³-hybridized carbons (Fsp3) is 0.692. The predicted octanol–water partition coefficient (Wildman–Crippen LogP) is 1.63. The van der Waals surface area contributed by atoms with Crippen molar-refractivity contribution in [2.45, 2.75) is 38.8 Å². The summed E-state index contributed by atoms with van der Waals surface area (Å²) in [5.41, 5.74) is 0.959. The third-order valence-electron chi connectivity index (χ3n) is 3.25. The van der Waals surface area contributed by atoms with Gasteiger partial charge in [0.25, 0.3) is 0 Å². The zero-order chi connectivity index (χ0) is 13.7. The van der Waals surface area contributed by atoms with Gasteiger partial charge in [-0.15, -0.1) is 0 Å². The molecule has 1 aliphatic heterocycles. The molecule has 2 atom stereocenters. The average molecular weight is 265 g/mol. The summed E-state index contributed by atoms with van der Waals surface area (Å²) in [5, 5.41) is 10.7. The first-order valence-corrected chi connectivity index (χ1v) is 6.88. The molecular formula is C13H23N5O. The molecule has 2 heterocycles. The summed E-state index contributed by atoms with van der Waals surface area (Å²) >= 11 is 0. The first kappa shape index (κ1) is 13.9. The number of aromatic nitrogens is 2. The maximum absolute atomic E-state index is 5.56. The monoisotopic (exact) mass is 265 g/mol. The molecule has 1 saturated heterocycles. The van der Waals surface area contributed by atoms with Crippen LogP contribution in [0.3, 0.4) is 0 Å². The molecule has 2 rings (SSSR count). The van der Waals surface area contributed by atoms with Gasteiger partial charge in [-0.3, -0.25) is 9.67 Å². The van der Waals surface area contributed by atoms with Gasteiger partial charge in [-0.2, -0.15) is 5.10 Å². The number of guanidine groups is 1. The van der Waals surface area contributed by atoms with Gasteiger partial charge in [0.2, 0.25) is 0 Å². The zero-order valence-electron chi connectivity index (χ0n) is 11.9. The van der Waals surface area contributed by atoms with Gasteiger partial charge in [0.05, 0.1) is 24.0 Å². The van der Waals surface area contributed by atoms with Gasteiger partial charge in [-0.05, 0) is 26.7 Å². The second-order valence-corrected chi connectivity index (χ2v) is 4.77. The highest BCUT2D eigenvalue weighted by Crippen LogP contribution is 2.25. The van der Waals surface area contributed by atoms with Crippen molar-refractivity contribution >= 4 is 11.6 Å². The van der Waals surface area contributed by atoms with Gasteiger partial charge in [0.15, 0.2) is 5.96 Å². The van der Waals surface area contributed by atoms with E-state index in [1.165, 1.54) is 0 Å². The molecule has 6 nitrogen and oxygen atoms in total. The molecule has 106 valence electrons. The van der Waals surface area contributed by atoms with Crippen LogP contribution in [0.2, 0.25) is 0 Å². The lowest BCUT2D eigenvalue weighted by Crippen LogP contribution is -2.27. The largest absolute Gasteiger partial charge is 0.378 e. The van der Waals surface area contributed by atoms with Crippen molar-refractivity contribution in [1.82, 2.24) is 15.1 Å². The van der Waals surface area contributed by atoms with Gasteiger partial charge in [-0.25, -0.2) is 0 Å². The second-order valence-electron chi connectivity index (χ2n) is 4.77. The number of nitrogens with zero attached hydrogens (tertiary/aromatic N) is 3. The lowest BCUT2D eigenvalue weighted by atomic mass is 10.1. The number of aliphatic imine (C=N–C) groups is 1. The molecule has 0 bridgehead atoms. The van der Waals surface area contributed by atoms with Crippen molar-refractivity contribution in [2.24, 2.45) is 4.99 Å². The Kier molecular flexibility index (Phi) is 4.79. The molecule has 2 N–H and O–H groups in total.